The zero-order chi connectivity index (χ0) is 20.2. The van der Waals surface area contributed by atoms with Crippen LogP contribution in [0.3, 0.4) is 0 Å². The van der Waals surface area contributed by atoms with E-state index in [1.807, 2.05) is 13.0 Å². The summed E-state index contributed by atoms with van der Waals surface area (Å²) < 4.78 is 23.3. The van der Waals surface area contributed by atoms with Crippen molar-refractivity contribution in [3.63, 3.8) is 0 Å². The minimum Gasteiger partial charge on any atom is -0.502 e. The molecule has 2 aromatic rings. The summed E-state index contributed by atoms with van der Waals surface area (Å²) in [4.78, 5) is 25.1. The smallest absolute Gasteiger partial charge is 0.336 e. The van der Waals surface area contributed by atoms with Gasteiger partial charge in [0.05, 0.1) is 14.2 Å². The molecule has 2 unspecified atom stereocenters. The predicted octanol–water partition coefficient (Wildman–Crippen LogP) is 3.78. The van der Waals surface area contributed by atoms with Gasteiger partial charge < -0.3 is 24.4 Å². The predicted molar refractivity (Wildman–Crippen MR) is 102 cm³/mol. The van der Waals surface area contributed by atoms with Crippen LogP contribution in [0.5, 0.6) is 17.2 Å². The minimum absolute atomic E-state index is 0.0941. The van der Waals surface area contributed by atoms with Crippen LogP contribution in [0.2, 0.25) is 0 Å². The van der Waals surface area contributed by atoms with Gasteiger partial charge in [0.25, 0.3) is 0 Å². The first-order valence-electron chi connectivity index (χ1n) is 8.67. The second-order valence-electron chi connectivity index (χ2n) is 6.30. The van der Waals surface area contributed by atoms with E-state index >= 15 is 0 Å². The Hall–Kier alpha value is -2.08. The molecule has 3 N–H and O–H groups in total. The van der Waals surface area contributed by atoms with Crippen molar-refractivity contribution >= 4 is 7.60 Å². The van der Waals surface area contributed by atoms with Gasteiger partial charge in [-0.25, -0.2) is 0 Å². The summed E-state index contributed by atoms with van der Waals surface area (Å²) in [5, 5.41) is 8.68. The number of phenols is 1. The van der Waals surface area contributed by atoms with Crippen LogP contribution in [0.25, 0.3) is 0 Å². The van der Waals surface area contributed by atoms with Crippen LogP contribution in [-0.2, 0) is 9.72 Å². The molecule has 0 fully saturated rings. The second-order valence-corrected chi connectivity index (χ2v) is 8.18. The molecule has 1 aromatic carbocycles. The van der Waals surface area contributed by atoms with Gasteiger partial charge in [-0.15, -0.1) is 0 Å². The summed E-state index contributed by atoms with van der Waals surface area (Å²) in [7, 11) is -1.91. The molecular formula is C19H26NO6P. The number of ether oxygens (including phenoxy) is 2. The van der Waals surface area contributed by atoms with E-state index in [1.165, 1.54) is 26.4 Å². The molecule has 8 heteroatoms. The molecule has 2 rings (SSSR count). The number of nitrogens with zero attached hydrogens (tertiary/aromatic N) is 1. The van der Waals surface area contributed by atoms with Crippen molar-refractivity contribution in [2.75, 3.05) is 14.2 Å². The van der Waals surface area contributed by atoms with Crippen molar-refractivity contribution in [2.24, 2.45) is 0 Å². The van der Waals surface area contributed by atoms with Crippen LogP contribution in [-0.4, -0.2) is 34.1 Å². The van der Waals surface area contributed by atoms with Crippen molar-refractivity contribution in [2.45, 2.75) is 37.8 Å². The van der Waals surface area contributed by atoms with E-state index < -0.39 is 18.7 Å². The standard InChI is InChI=1S/C19H26NO6P/c1-5-15(13-8-7-9-20-12-13)19(6-2,27(22,23)24)14-10-16(25-3)18(21)17(11-14)26-4/h7-12,15,21H,5-6H2,1-4H3,(H2,22,23,24). The molecule has 0 aliphatic rings. The molecule has 27 heavy (non-hydrogen) atoms. The first-order valence-corrected chi connectivity index (χ1v) is 10.3. The molecule has 0 aliphatic carbocycles. The molecule has 0 saturated carbocycles. The Labute approximate surface area is 159 Å². The maximum atomic E-state index is 12.9. The Morgan fingerprint density at radius 2 is 1.78 bits per heavy atom. The molecule has 148 valence electrons. The lowest BCUT2D eigenvalue weighted by Gasteiger charge is -2.41. The quantitative estimate of drug-likeness (QED) is 0.584. The lowest BCUT2D eigenvalue weighted by Crippen LogP contribution is -2.33. The molecule has 2 atom stereocenters. The van der Waals surface area contributed by atoms with Gasteiger partial charge in [-0.05, 0) is 42.2 Å². The zero-order valence-electron chi connectivity index (χ0n) is 15.9. The number of rotatable bonds is 8. The van der Waals surface area contributed by atoms with Gasteiger partial charge in [-0.3, -0.25) is 9.55 Å². The molecule has 0 saturated heterocycles. The fourth-order valence-electron chi connectivity index (χ4n) is 3.80. The van der Waals surface area contributed by atoms with E-state index in [4.69, 9.17) is 9.47 Å². The highest BCUT2D eigenvalue weighted by Crippen LogP contribution is 2.67. The van der Waals surface area contributed by atoms with Crippen molar-refractivity contribution in [1.29, 1.82) is 0 Å². The van der Waals surface area contributed by atoms with Crippen molar-refractivity contribution in [3.05, 3.63) is 47.8 Å². The van der Waals surface area contributed by atoms with E-state index in [0.29, 0.717) is 12.0 Å². The number of hydrogen-bond acceptors (Lipinski definition) is 5. The lowest BCUT2D eigenvalue weighted by molar-refractivity contribution is 0.289. The Morgan fingerprint density at radius 1 is 1.19 bits per heavy atom. The molecule has 0 aliphatic heterocycles. The van der Waals surface area contributed by atoms with Crippen LogP contribution >= 0.6 is 7.60 Å². The SMILES string of the molecule is CCC(c1cccnc1)C(CC)(c1cc(OC)c(O)c(OC)c1)P(=O)(O)O. The first kappa shape index (κ1) is 21.2. The zero-order valence-corrected chi connectivity index (χ0v) is 16.8. The Bertz CT molecular complexity index is 797. The number of pyridine rings is 1. The van der Waals surface area contributed by atoms with Crippen molar-refractivity contribution in [1.82, 2.24) is 4.98 Å². The maximum absolute atomic E-state index is 12.9. The molecule has 7 nitrogen and oxygen atoms in total. The van der Waals surface area contributed by atoms with Crippen LogP contribution in [0.1, 0.15) is 43.7 Å². The Morgan fingerprint density at radius 3 is 2.15 bits per heavy atom. The largest absolute Gasteiger partial charge is 0.502 e. The highest BCUT2D eigenvalue weighted by atomic mass is 31.2. The van der Waals surface area contributed by atoms with E-state index in [-0.39, 0.29) is 23.7 Å². The fourth-order valence-corrected chi connectivity index (χ4v) is 5.42. The molecule has 0 bridgehead atoms. The Balaban J connectivity index is 2.85. The summed E-state index contributed by atoms with van der Waals surface area (Å²) in [6.07, 6.45) is 3.90. The third-order valence-corrected chi connectivity index (χ3v) is 7.04. The third kappa shape index (κ3) is 3.68. The molecule has 0 radical (unpaired) electrons. The van der Waals surface area contributed by atoms with E-state index in [1.54, 1.807) is 25.4 Å². The van der Waals surface area contributed by atoms with Gasteiger partial charge in [0.1, 0.15) is 5.16 Å². The lowest BCUT2D eigenvalue weighted by atomic mass is 9.77. The van der Waals surface area contributed by atoms with E-state index in [9.17, 15) is 19.5 Å². The van der Waals surface area contributed by atoms with Gasteiger partial charge >= 0.3 is 7.60 Å². The fraction of sp³-hybridized carbons (Fsp3) is 0.421. The summed E-state index contributed by atoms with van der Waals surface area (Å²) in [5.74, 6) is -0.529. The van der Waals surface area contributed by atoms with Crippen LogP contribution in [0, 0.1) is 0 Å². The van der Waals surface area contributed by atoms with Crippen LogP contribution in [0.4, 0.5) is 0 Å². The molecule has 0 amide bonds. The van der Waals surface area contributed by atoms with Gasteiger partial charge in [-0.1, -0.05) is 19.9 Å². The topological polar surface area (TPSA) is 109 Å². The highest BCUT2D eigenvalue weighted by Gasteiger charge is 2.53. The van der Waals surface area contributed by atoms with Crippen LogP contribution in [0.15, 0.2) is 36.7 Å². The number of aromatic nitrogens is 1. The van der Waals surface area contributed by atoms with E-state index in [2.05, 4.69) is 4.98 Å². The molecule has 0 spiro atoms. The van der Waals surface area contributed by atoms with Crippen LogP contribution < -0.4 is 9.47 Å². The first-order chi connectivity index (χ1) is 12.8. The number of phenolic OH excluding ortho intramolecular Hbond substituents is 1. The van der Waals surface area contributed by atoms with Gasteiger partial charge in [0.15, 0.2) is 11.5 Å². The number of aromatic hydroxyl groups is 1. The average Bonchev–Trinajstić information content (AvgIpc) is 2.66. The summed E-state index contributed by atoms with van der Waals surface area (Å²) in [5.41, 5.74) is 1.08. The highest BCUT2D eigenvalue weighted by molar-refractivity contribution is 7.53. The summed E-state index contributed by atoms with van der Waals surface area (Å²) in [6.45, 7) is 3.62. The normalized spacial score (nSPS) is 15.0. The molecule has 1 heterocycles. The molecule has 1 aromatic heterocycles. The minimum atomic E-state index is -4.66. The summed E-state index contributed by atoms with van der Waals surface area (Å²) >= 11 is 0. The number of methoxy groups -OCH3 is 2. The van der Waals surface area contributed by atoms with Gasteiger partial charge in [-0.2, -0.15) is 0 Å². The molecular weight excluding hydrogens is 369 g/mol. The monoisotopic (exact) mass is 395 g/mol. The Kier molecular flexibility index (Phi) is 6.52. The third-order valence-electron chi connectivity index (χ3n) is 5.11. The van der Waals surface area contributed by atoms with Crippen molar-refractivity contribution in [3.8, 4) is 17.2 Å². The maximum Gasteiger partial charge on any atom is 0.336 e. The second kappa shape index (κ2) is 8.30. The van der Waals surface area contributed by atoms with Crippen molar-refractivity contribution < 1.29 is 28.9 Å². The number of benzene rings is 1. The summed E-state index contributed by atoms with van der Waals surface area (Å²) in [6, 6.07) is 6.51. The number of hydrogen-bond donors (Lipinski definition) is 3. The van der Waals surface area contributed by atoms with Gasteiger partial charge in [0.2, 0.25) is 5.75 Å². The van der Waals surface area contributed by atoms with E-state index in [0.717, 1.165) is 5.56 Å². The average molecular weight is 395 g/mol. The van der Waals surface area contributed by atoms with Gasteiger partial charge in [0, 0.05) is 18.3 Å².